The lowest BCUT2D eigenvalue weighted by Gasteiger charge is -2.46. The fourth-order valence-electron chi connectivity index (χ4n) is 9.23. The zero-order valence-electron chi connectivity index (χ0n) is 42.2. The van der Waals surface area contributed by atoms with Gasteiger partial charge in [-0.2, -0.15) is 0 Å². The monoisotopic (exact) mass is 960 g/mol. The van der Waals surface area contributed by atoms with Crippen molar-refractivity contribution in [2.45, 2.75) is 299 Å². The van der Waals surface area contributed by atoms with Crippen molar-refractivity contribution >= 4 is 5.91 Å². The number of aliphatic hydroxyl groups excluding tert-OH is 8. The lowest BCUT2D eigenvalue weighted by molar-refractivity contribution is -0.359. The fourth-order valence-corrected chi connectivity index (χ4v) is 9.23. The van der Waals surface area contributed by atoms with Gasteiger partial charge >= 0.3 is 0 Å². The van der Waals surface area contributed by atoms with Crippen molar-refractivity contribution in [2.24, 2.45) is 0 Å². The number of unbranched alkanes of at least 4 members (excludes halogenated alkanes) is 28. The molecule has 0 aromatic rings. The molecular formula is C53H101NO13. The van der Waals surface area contributed by atoms with Gasteiger partial charge in [-0.25, -0.2) is 0 Å². The van der Waals surface area contributed by atoms with Crippen molar-refractivity contribution in [1.29, 1.82) is 0 Å². The summed E-state index contributed by atoms with van der Waals surface area (Å²) in [6.07, 6.45) is 27.1. The molecule has 2 rings (SSSR count). The van der Waals surface area contributed by atoms with Gasteiger partial charge in [-0.15, -0.1) is 0 Å². The Morgan fingerprint density at radius 1 is 0.522 bits per heavy atom. The van der Waals surface area contributed by atoms with Crippen LogP contribution in [0.2, 0.25) is 0 Å². The Morgan fingerprint density at radius 2 is 0.940 bits per heavy atom. The molecule has 2 saturated heterocycles. The highest BCUT2D eigenvalue weighted by Crippen LogP contribution is 2.30. The number of amides is 1. The van der Waals surface area contributed by atoms with Gasteiger partial charge in [-0.3, -0.25) is 4.79 Å². The van der Waals surface area contributed by atoms with Crippen LogP contribution >= 0.6 is 0 Å². The molecule has 14 heteroatoms. The molecule has 396 valence electrons. The van der Waals surface area contributed by atoms with E-state index in [1.54, 1.807) is 0 Å². The number of aliphatic hydroxyl groups is 8. The zero-order chi connectivity index (χ0) is 48.9. The average molecular weight is 960 g/mol. The van der Waals surface area contributed by atoms with E-state index < -0.39 is 86.8 Å². The SMILES string of the molecule is CCCCCCCCCC/C=C\CCCCCCCCCCCCCCCCCC(=O)NC(COC1OC(CO)C(OC2OC(CO)C(O)C(O)C2O)C(O)C1O)C(O)CCCCCCCC. The quantitative estimate of drug-likeness (QED) is 0.0209. The predicted octanol–water partition coefficient (Wildman–Crippen LogP) is 7.94. The van der Waals surface area contributed by atoms with Gasteiger partial charge in [0.05, 0.1) is 32.0 Å². The maximum atomic E-state index is 13.1. The second-order valence-corrected chi connectivity index (χ2v) is 19.7. The summed E-state index contributed by atoms with van der Waals surface area (Å²) in [4.78, 5) is 13.1. The number of hydrogen-bond acceptors (Lipinski definition) is 13. The van der Waals surface area contributed by atoms with Gasteiger partial charge in [0.2, 0.25) is 5.91 Å². The summed E-state index contributed by atoms with van der Waals surface area (Å²) in [5.41, 5.74) is 0. The summed E-state index contributed by atoms with van der Waals surface area (Å²) < 4.78 is 22.7. The van der Waals surface area contributed by atoms with Crippen LogP contribution in [0.15, 0.2) is 12.2 Å². The normalized spacial score (nSPS) is 26.6. The van der Waals surface area contributed by atoms with Gasteiger partial charge in [0, 0.05) is 6.42 Å². The number of rotatable bonds is 43. The van der Waals surface area contributed by atoms with Gasteiger partial charge in [0.25, 0.3) is 0 Å². The first kappa shape index (κ1) is 61.8. The zero-order valence-corrected chi connectivity index (χ0v) is 42.2. The Balaban J connectivity index is 1.62. The molecule has 14 nitrogen and oxygen atoms in total. The topological polar surface area (TPSA) is 228 Å². The third-order valence-corrected chi connectivity index (χ3v) is 13.7. The maximum Gasteiger partial charge on any atom is 0.220 e. The van der Waals surface area contributed by atoms with Crippen LogP contribution in [0.5, 0.6) is 0 Å². The summed E-state index contributed by atoms with van der Waals surface area (Å²) in [7, 11) is 0. The maximum absolute atomic E-state index is 13.1. The summed E-state index contributed by atoms with van der Waals surface area (Å²) >= 11 is 0. The average Bonchev–Trinajstić information content (AvgIpc) is 3.32. The molecule has 2 aliphatic heterocycles. The molecule has 2 aliphatic rings. The number of ether oxygens (including phenoxy) is 4. The summed E-state index contributed by atoms with van der Waals surface area (Å²) in [5, 5.41) is 86.5. The van der Waals surface area contributed by atoms with Crippen LogP contribution in [0, 0.1) is 0 Å². The number of carbonyl (C=O) groups excluding carboxylic acids is 1. The van der Waals surface area contributed by atoms with Crippen molar-refractivity contribution in [3.8, 4) is 0 Å². The van der Waals surface area contributed by atoms with Gasteiger partial charge < -0.3 is 65.1 Å². The van der Waals surface area contributed by atoms with Crippen LogP contribution in [0.4, 0.5) is 0 Å². The van der Waals surface area contributed by atoms with Crippen LogP contribution in [-0.2, 0) is 23.7 Å². The van der Waals surface area contributed by atoms with Crippen LogP contribution in [0.3, 0.4) is 0 Å². The van der Waals surface area contributed by atoms with Crippen molar-refractivity contribution < 1.29 is 64.6 Å². The van der Waals surface area contributed by atoms with Crippen LogP contribution in [0.1, 0.15) is 226 Å². The summed E-state index contributed by atoms with van der Waals surface area (Å²) in [5.74, 6) is -0.210. The van der Waals surface area contributed by atoms with Crippen molar-refractivity contribution in [3.05, 3.63) is 12.2 Å². The predicted molar refractivity (Wildman–Crippen MR) is 263 cm³/mol. The molecule has 2 heterocycles. The molecule has 9 N–H and O–H groups in total. The third kappa shape index (κ3) is 27.2. The van der Waals surface area contributed by atoms with E-state index in [9.17, 15) is 45.6 Å². The molecule has 1 amide bonds. The Bertz CT molecular complexity index is 1180. The highest BCUT2D eigenvalue weighted by atomic mass is 16.7. The lowest BCUT2D eigenvalue weighted by atomic mass is 9.97. The molecule has 2 fully saturated rings. The molecule has 0 radical (unpaired) electrons. The van der Waals surface area contributed by atoms with E-state index >= 15 is 0 Å². The Hall–Kier alpha value is -1.27. The van der Waals surface area contributed by atoms with Gasteiger partial charge in [-0.05, 0) is 38.5 Å². The van der Waals surface area contributed by atoms with Crippen LogP contribution < -0.4 is 5.32 Å². The first-order chi connectivity index (χ1) is 32.6. The van der Waals surface area contributed by atoms with E-state index in [1.807, 2.05) is 0 Å². The van der Waals surface area contributed by atoms with Crippen LogP contribution in [0.25, 0.3) is 0 Å². The van der Waals surface area contributed by atoms with E-state index in [1.165, 1.54) is 135 Å². The fraction of sp³-hybridized carbons (Fsp3) is 0.943. The Morgan fingerprint density at radius 3 is 1.42 bits per heavy atom. The largest absolute Gasteiger partial charge is 0.394 e. The highest BCUT2D eigenvalue weighted by Gasteiger charge is 2.51. The van der Waals surface area contributed by atoms with E-state index in [0.717, 1.165) is 64.2 Å². The second kappa shape index (κ2) is 40.3. The van der Waals surface area contributed by atoms with Gasteiger partial charge in [0.15, 0.2) is 12.6 Å². The lowest BCUT2D eigenvalue weighted by Crippen LogP contribution is -2.65. The van der Waals surface area contributed by atoms with Crippen LogP contribution in [-0.4, -0.2) is 140 Å². The molecule has 0 aromatic carbocycles. The second-order valence-electron chi connectivity index (χ2n) is 19.7. The van der Waals surface area contributed by atoms with E-state index in [-0.39, 0.29) is 12.5 Å². The van der Waals surface area contributed by atoms with Crippen molar-refractivity contribution in [3.63, 3.8) is 0 Å². The first-order valence-corrected chi connectivity index (χ1v) is 27.4. The van der Waals surface area contributed by atoms with Gasteiger partial charge in [0.1, 0.15) is 48.8 Å². The molecule has 0 bridgehead atoms. The standard InChI is InChI=1S/C53H101NO13/c1-3-5-7-9-11-12-13-14-15-16-17-18-19-20-21-22-23-24-25-26-27-28-29-30-31-33-35-37-45(58)54-41(42(57)36-34-32-10-8-6-4-2)40-64-52-50(63)48(61)51(44(39-56)66-52)67-53-49(62)47(60)46(59)43(38-55)65-53/h16-17,41-44,46-53,55-57,59-63H,3-15,18-40H2,1-2H3,(H,54,58)/b17-16-. The molecule has 0 saturated carbocycles. The van der Waals surface area contributed by atoms with E-state index in [2.05, 4.69) is 31.3 Å². The molecule has 12 atom stereocenters. The van der Waals surface area contributed by atoms with E-state index in [4.69, 9.17) is 18.9 Å². The number of allylic oxidation sites excluding steroid dienone is 2. The molecule has 0 aliphatic carbocycles. The molecule has 67 heavy (non-hydrogen) atoms. The van der Waals surface area contributed by atoms with Gasteiger partial charge in [-0.1, -0.05) is 193 Å². The smallest absolute Gasteiger partial charge is 0.220 e. The molecule has 0 aromatic heterocycles. The Labute approximate surface area is 406 Å². The number of nitrogens with one attached hydrogen (secondary N) is 1. The van der Waals surface area contributed by atoms with Crippen molar-refractivity contribution in [1.82, 2.24) is 5.32 Å². The highest BCUT2D eigenvalue weighted by molar-refractivity contribution is 5.76. The van der Waals surface area contributed by atoms with Crippen molar-refractivity contribution in [2.75, 3.05) is 19.8 Å². The van der Waals surface area contributed by atoms with E-state index in [0.29, 0.717) is 12.8 Å². The first-order valence-electron chi connectivity index (χ1n) is 27.4. The summed E-state index contributed by atoms with van der Waals surface area (Å²) in [6.45, 7) is 2.79. The number of carbonyl (C=O) groups is 1. The third-order valence-electron chi connectivity index (χ3n) is 13.7. The Kier molecular flexibility index (Phi) is 37.2. The molecule has 12 unspecified atom stereocenters. The number of hydrogen-bond donors (Lipinski definition) is 9. The molecular weight excluding hydrogens is 859 g/mol. The minimum absolute atomic E-state index is 0.210. The minimum atomic E-state index is -1.78. The summed E-state index contributed by atoms with van der Waals surface area (Å²) in [6, 6.07) is -0.821. The minimum Gasteiger partial charge on any atom is -0.394 e. The molecule has 0 spiro atoms.